The van der Waals surface area contributed by atoms with Gasteiger partial charge >= 0.3 is 12.1 Å². The van der Waals surface area contributed by atoms with Crippen molar-refractivity contribution in [3.63, 3.8) is 0 Å². The Morgan fingerprint density at radius 2 is 1.73 bits per heavy atom. The molecule has 0 spiro atoms. The molecule has 0 bridgehead atoms. The van der Waals surface area contributed by atoms with Crippen LogP contribution in [0.15, 0.2) is 54.6 Å². The highest BCUT2D eigenvalue weighted by Crippen LogP contribution is 2.31. The average Bonchev–Trinajstić information content (AvgIpc) is 3.16. The predicted octanol–water partition coefficient (Wildman–Crippen LogP) is 3.99. The summed E-state index contributed by atoms with van der Waals surface area (Å²) in [6.45, 7) is 4.39. The van der Waals surface area contributed by atoms with Gasteiger partial charge in [0.15, 0.2) is 0 Å². The number of hydrogen-bond acceptors (Lipinski definition) is 5. The Bertz CT molecular complexity index is 898. The average molecular weight is 410 g/mol. The fourth-order valence-corrected chi connectivity index (χ4v) is 3.46. The van der Waals surface area contributed by atoms with Crippen molar-refractivity contribution in [1.29, 1.82) is 0 Å². The third kappa shape index (κ3) is 4.79. The summed E-state index contributed by atoms with van der Waals surface area (Å²) in [5, 5.41) is 2.84. The van der Waals surface area contributed by atoms with Crippen molar-refractivity contribution in [3.05, 3.63) is 65.7 Å². The van der Waals surface area contributed by atoms with E-state index in [1.54, 1.807) is 38.1 Å². The number of hydrogen-bond donors (Lipinski definition) is 1. The molecule has 0 aliphatic carbocycles. The van der Waals surface area contributed by atoms with Crippen molar-refractivity contribution in [3.8, 4) is 0 Å². The van der Waals surface area contributed by atoms with Gasteiger partial charge in [0, 0.05) is 12.2 Å². The predicted molar refractivity (Wildman–Crippen MR) is 112 cm³/mol. The summed E-state index contributed by atoms with van der Waals surface area (Å²) < 4.78 is 10.4. The number of esters is 1. The lowest BCUT2D eigenvalue weighted by molar-refractivity contribution is -0.125. The van der Waals surface area contributed by atoms with Crippen LogP contribution in [0.25, 0.3) is 0 Å². The Kier molecular flexibility index (Phi) is 6.72. The monoisotopic (exact) mass is 410 g/mol. The summed E-state index contributed by atoms with van der Waals surface area (Å²) in [5.41, 5.74) is 0.831. The third-order valence-electron chi connectivity index (χ3n) is 5.21. The van der Waals surface area contributed by atoms with E-state index in [0.29, 0.717) is 37.2 Å². The van der Waals surface area contributed by atoms with Gasteiger partial charge in [0.2, 0.25) is 5.91 Å². The zero-order valence-electron chi connectivity index (χ0n) is 17.2. The molecule has 1 aliphatic rings. The highest BCUT2D eigenvalue weighted by molar-refractivity contribution is 6.00. The highest BCUT2D eigenvalue weighted by Gasteiger charge is 2.46. The molecule has 1 atom stereocenters. The molecular formula is C23H26N2O5. The number of carbonyl (C=O) groups excluding carboxylic acids is 3. The topological polar surface area (TPSA) is 84.9 Å². The molecular weight excluding hydrogens is 384 g/mol. The first-order valence-corrected chi connectivity index (χ1v) is 10.0. The van der Waals surface area contributed by atoms with Gasteiger partial charge in [-0.2, -0.15) is 0 Å². The van der Waals surface area contributed by atoms with Crippen LogP contribution in [0, 0.1) is 0 Å². The molecule has 0 saturated carbocycles. The van der Waals surface area contributed by atoms with E-state index >= 15 is 0 Å². The number of nitrogens with zero attached hydrogens (tertiary/aromatic N) is 1. The van der Waals surface area contributed by atoms with Crippen molar-refractivity contribution in [2.24, 2.45) is 0 Å². The quantitative estimate of drug-likeness (QED) is 0.728. The van der Waals surface area contributed by atoms with Crippen molar-refractivity contribution < 1.29 is 23.9 Å². The fourth-order valence-electron chi connectivity index (χ4n) is 3.46. The van der Waals surface area contributed by atoms with Crippen LogP contribution in [0.5, 0.6) is 0 Å². The maximum Gasteiger partial charge on any atom is 0.410 e. The molecule has 1 saturated heterocycles. The molecule has 1 N–H and O–H groups in total. The van der Waals surface area contributed by atoms with E-state index < -0.39 is 17.6 Å². The largest absolute Gasteiger partial charge is 0.462 e. The van der Waals surface area contributed by atoms with Crippen LogP contribution < -0.4 is 5.32 Å². The third-order valence-corrected chi connectivity index (χ3v) is 5.21. The lowest BCUT2D eigenvalue weighted by atomic mass is 9.97. The number of carbonyl (C=O) groups is 3. The van der Waals surface area contributed by atoms with E-state index in [4.69, 9.17) is 9.47 Å². The number of ether oxygens (including phenoxy) is 2. The standard InChI is InChI=1S/C23H26N2O5/c1-3-29-20(26)18-10-12-19(13-11-18)24-21(27)23(2)14-7-15-25(23)22(28)30-16-17-8-5-4-6-9-17/h4-6,8-13H,3,7,14-16H2,1-2H3,(H,24,27). The number of benzene rings is 2. The Balaban J connectivity index is 1.63. The second kappa shape index (κ2) is 9.43. The Morgan fingerprint density at radius 3 is 2.40 bits per heavy atom. The molecule has 3 rings (SSSR count). The van der Waals surface area contributed by atoms with E-state index in [1.165, 1.54) is 4.90 Å². The van der Waals surface area contributed by atoms with Crippen molar-refractivity contribution in [2.75, 3.05) is 18.5 Å². The van der Waals surface area contributed by atoms with Crippen LogP contribution >= 0.6 is 0 Å². The Hall–Kier alpha value is -3.35. The maximum absolute atomic E-state index is 13.0. The second-order valence-electron chi connectivity index (χ2n) is 7.32. The number of nitrogens with one attached hydrogen (secondary N) is 1. The van der Waals surface area contributed by atoms with Gasteiger partial charge in [-0.1, -0.05) is 30.3 Å². The summed E-state index contributed by atoms with van der Waals surface area (Å²) in [6.07, 6.45) is 0.749. The summed E-state index contributed by atoms with van der Waals surface area (Å²) in [4.78, 5) is 38.9. The zero-order chi connectivity index (χ0) is 21.6. The first-order chi connectivity index (χ1) is 14.4. The number of anilines is 1. The highest BCUT2D eigenvalue weighted by atomic mass is 16.6. The van der Waals surface area contributed by atoms with E-state index in [-0.39, 0.29) is 12.5 Å². The molecule has 1 aliphatic heterocycles. The van der Waals surface area contributed by atoms with Gasteiger partial charge in [-0.15, -0.1) is 0 Å². The van der Waals surface area contributed by atoms with Gasteiger partial charge in [0.25, 0.3) is 0 Å². The minimum Gasteiger partial charge on any atom is -0.462 e. The second-order valence-corrected chi connectivity index (χ2v) is 7.32. The van der Waals surface area contributed by atoms with Gasteiger partial charge in [0.05, 0.1) is 12.2 Å². The minimum absolute atomic E-state index is 0.156. The molecule has 7 nitrogen and oxygen atoms in total. The SMILES string of the molecule is CCOC(=O)c1ccc(NC(=O)C2(C)CCCN2C(=O)OCc2ccccc2)cc1. The molecule has 7 heteroatoms. The first-order valence-electron chi connectivity index (χ1n) is 10.0. The molecule has 1 heterocycles. The molecule has 1 unspecified atom stereocenters. The van der Waals surface area contributed by atoms with Gasteiger partial charge in [0.1, 0.15) is 12.1 Å². The molecule has 2 aromatic rings. The van der Waals surface area contributed by atoms with Crippen LogP contribution in [0.2, 0.25) is 0 Å². The van der Waals surface area contributed by atoms with Crippen LogP contribution in [-0.4, -0.2) is 41.6 Å². The molecule has 30 heavy (non-hydrogen) atoms. The van der Waals surface area contributed by atoms with Gasteiger partial charge in [-0.25, -0.2) is 9.59 Å². The molecule has 2 amide bonds. The molecule has 2 aromatic carbocycles. The Labute approximate surface area is 176 Å². The Morgan fingerprint density at radius 1 is 1.03 bits per heavy atom. The van der Waals surface area contributed by atoms with E-state index in [1.807, 2.05) is 30.3 Å². The summed E-state index contributed by atoms with van der Waals surface area (Å²) in [7, 11) is 0. The first kappa shape index (κ1) is 21.4. The minimum atomic E-state index is -1.01. The lowest BCUT2D eigenvalue weighted by Gasteiger charge is -2.33. The molecule has 158 valence electrons. The summed E-state index contributed by atoms with van der Waals surface area (Å²) in [5.74, 6) is -0.703. The van der Waals surface area contributed by atoms with Gasteiger partial charge in [-0.05, 0) is 56.5 Å². The van der Waals surface area contributed by atoms with E-state index in [0.717, 1.165) is 5.56 Å². The van der Waals surface area contributed by atoms with Gasteiger partial charge in [-0.3, -0.25) is 9.69 Å². The summed E-state index contributed by atoms with van der Waals surface area (Å²) >= 11 is 0. The number of amides is 2. The molecule has 0 aromatic heterocycles. The van der Waals surface area contributed by atoms with Crippen LogP contribution in [-0.2, 0) is 20.9 Å². The fraction of sp³-hybridized carbons (Fsp3) is 0.348. The maximum atomic E-state index is 13.0. The molecule has 1 fully saturated rings. The van der Waals surface area contributed by atoms with Crippen LogP contribution in [0.4, 0.5) is 10.5 Å². The van der Waals surface area contributed by atoms with Crippen LogP contribution in [0.1, 0.15) is 42.6 Å². The van der Waals surface area contributed by atoms with Crippen molar-refractivity contribution in [2.45, 2.75) is 38.8 Å². The van der Waals surface area contributed by atoms with E-state index in [9.17, 15) is 14.4 Å². The van der Waals surface area contributed by atoms with Crippen molar-refractivity contribution >= 4 is 23.7 Å². The summed E-state index contributed by atoms with van der Waals surface area (Å²) in [6, 6.07) is 15.9. The van der Waals surface area contributed by atoms with Gasteiger partial charge < -0.3 is 14.8 Å². The number of likely N-dealkylation sites (tertiary alicyclic amines) is 1. The lowest BCUT2D eigenvalue weighted by Crippen LogP contribution is -2.53. The van der Waals surface area contributed by atoms with Crippen molar-refractivity contribution in [1.82, 2.24) is 4.90 Å². The normalized spacial score (nSPS) is 18.0. The smallest absolute Gasteiger partial charge is 0.410 e. The van der Waals surface area contributed by atoms with Crippen LogP contribution in [0.3, 0.4) is 0 Å². The zero-order valence-corrected chi connectivity index (χ0v) is 17.2. The van der Waals surface area contributed by atoms with E-state index in [2.05, 4.69) is 5.32 Å². The molecule has 0 radical (unpaired) electrons. The number of rotatable bonds is 6.